The summed E-state index contributed by atoms with van der Waals surface area (Å²) in [6.45, 7) is 0. The molecular formula is C22H23ClN6O3S. The number of hydrogen-bond acceptors (Lipinski definition) is 6. The van der Waals surface area contributed by atoms with Gasteiger partial charge in [0.15, 0.2) is 0 Å². The van der Waals surface area contributed by atoms with Crippen LogP contribution in [0, 0.1) is 0 Å². The fourth-order valence-corrected chi connectivity index (χ4v) is 4.25. The molecule has 0 saturated heterocycles. The molecule has 0 spiro atoms. The molecule has 3 rings (SSSR count). The summed E-state index contributed by atoms with van der Waals surface area (Å²) in [4.78, 5) is 22.3. The molecule has 172 valence electrons. The van der Waals surface area contributed by atoms with Crippen LogP contribution in [0.1, 0.15) is 5.56 Å². The Hall–Kier alpha value is -3.50. The third kappa shape index (κ3) is 6.27. The first kappa shape index (κ1) is 24.1. The van der Waals surface area contributed by atoms with Crippen molar-refractivity contribution in [2.45, 2.75) is 11.3 Å². The minimum Gasteiger partial charge on any atom is -0.368 e. The van der Waals surface area contributed by atoms with Crippen molar-refractivity contribution in [3.05, 3.63) is 65.4 Å². The first-order valence-electron chi connectivity index (χ1n) is 9.84. The number of nitrogens with one attached hydrogen (secondary N) is 2. The van der Waals surface area contributed by atoms with E-state index in [0.29, 0.717) is 33.3 Å². The summed E-state index contributed by atoms with van der Waals surface area (Å²) in [5.74, 6) is 0.0648. The third-order valence-corrected chi connectivity index (χ3v) is 6.09. The highest BCUT2D eigenvalue weighted by molar-refractivity contribution is 7.90. The number of hydrogen-bond donors (Lipinski definition) is 2. The Morgan fingerprint density at radius 2 is 1.85 bits per heavy atom. The highest BCUT2D eigenvalue weighted by atomic mass is 35.5. The Kier molecular flexibility index (Phi) is 7.62. The molecule has 2 aromatic carbocycles. The molecule has 0 saturated carbocycles. The second kappa shape index (κ2) is 10.4. The topological polar surface area (TPSA) is 117 Å². The van der Waals surface area contributed by atoms with E-state index >= 15 is 0 Å². The first-order valence-corrected chi connectivity index (χ1v) is 11.7. The molecule has 3 aromatic rings. The van der Waals surface area contributed by atoms with Gasteiger partial charge in [-0.3, -0.25) is 4.79 Å². The monoisotopic (exact) mass is 486 g/mol. The van der Waals surface area contributed by atoms with Crippen molar-refractivity contribution in [2.24, 2.45) is 4.40 Å². The van der Waals surface area contributed by atoms with Gasteiger partial charge >= 0.3 is 0 Å². The summed E-state index contributed by atoms with van der Waals surface area (Å²) in [5.41, 5.74) is 1.82. The van der Waals surface area contributed by atoms with Crippen molar-refractivity contribution >= 4 is 45.5 Å². The van der Waals surface area contributed by atoms with Gasteiger partial charge < -0.3 is 15.5 Å². The van der Waals surface area contributed by atoms with E-state index in [4.69, 9.17) is 11.6 Å². The molecule has 11 heteroatoms. The Morgan fingerprint density at radius 1 is 1.15 bits per heavy atom. The molecule has 9 nitrogen and oxygen atoms in total. The number of sulfonamides is 1. The molecule has 1 heterocycles. The Balaban J connectivity index is 1.98. The molecule has 0 unspecified atom stereocenters. The van der Waals surface area contributed by atoms with Gasteiger partial charge in [-0.25, -0.2) is 9.97 Å². The Labute approximate surface area is 197 Å². The smallest absolute Gasteiger partial charge is 0.284 e. The molecule has 0 aliphatic heterocycles. The van der Waals surface area contributed by atoms with Gasteiger partial charge in [0.1, 0.15) is 6.34 Å². The average molecular weight is 487 g/mol. The highest BCUT2D eigenvalue weighted by Gasteiger charge is 2.21. The zero-order chi connectivity index (χ0) is 24.0. The molecule has 0 aliphatic carbocycles. The van der Waals surface area contributed by atoms with Crippen molar-refractivity contribution < 1.29 is 13.2 Å². The zero-order valence-electron chi connectivity index (χ0n) is 18.3. The first-order chi connectivity index (χ1) is 15.7. The number of amides is 1. The van der Waals surface area contributed by atoms with Crippen LogP contribution in [0.25, 0.3) is 11.1 Å². The normalized spacial score (nSPS) is 11.4. The van der Waals surface area contributed by atoms with Gasteiger partial charge in [0, 0.05) is 55.4 Å². The van der Waals surface area contributed by atoms with Crippen molar-refractivity contribution in [2.75, 3.05) is 31.8 Å². The number of carbonyl (C=O) groups excluding carboxylic acids is 1. The van der Waals surface area contributed by atoms with Crippen LogP contribution >= 0.6 is 11.6 Å². The Morgan fingerprint density at radius 3 is 2.48 bits per heavy atom. The lowest BCUT2D eigenvalue weighted by Gasteiger charge is -2.12. The lowest BCUT2D eigenvalue weighted by atomic mass is 10.1. The van der Waals surface area contributed by atoms with Crippen molar-refractivity contribution in [1.29, 1.82) is 0 Å². The van der Waals surface area contributed by atoms with Gasteiger partial charge in [0.2, 0.25) is 11.9 Å². The number of carbonyl (C=O) groups is 1. The summed E-state index contributed by atoms with van der Waals surface area (Å²) in [6.07, 6.45) is 4.26. The van der Waals surface area contributed by atoms with Crippen LogP contribution in [0.5, 0.6) is 0 Å². The maximum absolute atomic E-state index is 13.0. The number of halogens is 1. The van der Waals surface area contributed by atoms with E-state index in [1.54, 1.807) is 57.5 Å². The standard InChI is InChI=1S/C22H23ClN6O3S/c1-24-22-25-12-16(13-26-22)18-9-8-17(11-20(18)33(31,32)27-14-29(2)3)28-21(30)10-15-6-4-5-7-19(15)23/h4-9,11-14H,10H2,1-3H3,(H,28,30)(H,24,25,26)/b27-14+. The molecule has 1 amide bonds. The number of nitrogens with zero attached hydrogens (tertiary/aromatic N) is 4. The van der Waals surface area contributed by atoms with Gasteiger partial charge in [0.05, 0.1) is 11.3 Å². The van der Waals surface area contributed by atoms with E-state index in [9.17, 15) is 13.2 Å². The molecule has 0 aliphatic rings. The van der Waals surface area contributed by atoms with Gasteiger partial charge in [-0.2, -0.15) is 8.42 Å². The van der Waals surface area contributed by atoms with Crippen LogP contribution in [0.4, 0.5) is 11.6 Å². The van der Waals surface area contributed by atoms with Gasteiger partial charge in [0.25, 0.3) is 10.0 Å². The zero-order valence-corrected chi connectivity index (χ0v) is 19.9. The molecule has 33 heavy (non-hydrogen) atoms. The van der Waals surface area contributed by atoms with Crippen LogP contribution in [0.3, 0.4) is 0 Å². The lowest BCUT2D eigenvalue weighted by molar-refractivity contribution is -0.115. The second-order valence-electron chi connectivity index (χ2n) is 7.23. The van der Waals surface area contributed by atoms with Crippen LogP contribution in [-0.4, -0.2) is 56.7 Å². The molecule has 0 fully saturated rings. The van der Waals surface area contributed by atoms with Crippen molar-refractivity contribution in [1.82, 2.24) is 14.9 Å². The maximum Gasteiger partial charge on any atom is 0.284 e. The summed E-state index contributed by atoms with van der Waals surface area (Å²) in [5, 5.41) is 6.02. The van der Waals surface area contributed by atoms with Crippen LogP contribution in [0.2, 0.25) is 5.02 Å². The summed E-state index contributed by atoms with van der Waals surface area (Å²) in [6, 6.07) is 11.6. The molecule has 0 bridgehead atoms. The highest BCUT2D eigenvalue weighted by Crippen LogP contribution is 2.31. The van der Waals surface area contributed by atoms with Crippen molar-refractivity contribution in [3.63, 3.8) is 0 Å². The molecule has 2 N–H and O–H groups in total. The number of benzene rings is 2. The number of rotatable bonds is 8. The summed E-state index contributed by atoms with van der Waals surface area (Å²) < 4.78 is 29.8. The van der Waals surface area contributed by atoms with Gasteiger partial charge in [-0.05, 0) is 23.8 Å². The van der Waals surface area contributed by atoms with Crippen LogP contribution < -0.4 is 10.6 Å². The predicted octanol–water partition coefficient (Wildman–Crippen LogP) is 3.30. The van der Waals surface area contributed by atoms with E-state index < -0.39 is 10.0 Å². The predicted molar refractivity (Wildman–Crippen MR) is 130 cm³/mol. The van der Waals surface area contributed by atoms with Gasteiger partial charge in [-0.15, -0.1) is 4.40 Å². The summed E-state index contributed by atoms with van der Waals surface area (Å²) in [7, 11) is 0.917. The number of aromatic nitrogens is 2. The molecular weight excluding hydrogens is 464 g/mol. The van der Waals surface area contributed by atoms with E-state index in [0.717, 1.165) is 0 Å². The average Bonchev–Trinajstić information content (AvgIpc) is 2.79. The maximum atomic E-state index is 13.0. The van der Waals surface area contributed by atoms with E-state index in [1.807, 2.05) is 0 Å². The van der Waals surface area contributed by atoms with Crippen LogP contribution in [-0.2, 0) is 21.2 Å². The van der Waals surface area contributed by atoms with E-state index in [1.165, 1.54) is 29.7 Å². The van der Waals surface area contributed by atoms with Crippen LogP contribution in [0.15, 0.2) is 64.2 Å². The fraction of sp³-hybridized carbons (Fsp3) is 0.182. The largest absolute Gasteiger partial charge is 0.368 e. The van der Waals surface area contributed by atoms with E-state index in [-0.39, 0.29) is 17.2 Å². The minimum absolute atomic E-state index is 0.0433. The summed E-state index contributed by atoms with van der Waals surface area (Å²) >= 11 is 6.13. The minimum atomic E-state index is -4.09. The lowest BCUT2D eigenvalue weighted by Crippen LogP contribution is -2.15. The SMILES string of the molecule is CNc1ncc(-c2ccc(NC(=O)Cc3ccccc3Cl)cc2S(=O)(=O)/N=C/N(C)C)cn1. The molecule has 0 radical (unpaired) electrons. The Bertz CT molecular complexity index is 1280. The third-order valence-electron chi connectivity index (χ3n) is 4.46. The van der Waals surface area contributed by atoms with E-state index in [2.05, 4.69) is 25.0 Å². The van der Waals surface area contributed by atoms with Crippen molar-refractivity contribution in [3.8, 4) is 11.1 Å². The quantitative estimate of drug-likeness (QED) is 0.370. The van der Waals surface area contributed by atoms with Gasteiger partial charge in [-0.1, -0.05) is 35.9 Å². The fourth-order valence-electron chi connectivity index (χ4n) is 2.88. The number of anilines is 2. The second-order valence-corrected chi connectivity index (χ2v) is 9.24. The molecule has 1 aromatic heterocycles. The molecule has 0 atom stereocenters.